The Balaban J connectivity index is 1.78. The van der Waals surface area contributed by atoms with Crippen LogP contribution in [0.1, 0.15) is 19.8 Å². The summed E-state index contributed by atoms with van der Waals surface area (Å²) in [6.45, 7) is 5.49. The summed E-state index contributed by atoms with van der Waals surface area (Å²) in [6, 6.07) is 8.12. The van der Waals surface area contributed by atoms with Crippen molar-refractivity contribution < 1.29 is 0 Å². The van der Waals surface area contributed by atoms with Crippen molar-refractivity contribution in [1.29, 1.82) is 0 Å². The highest BCUT2D eigenvalue weighted by molar-refractivity contribution is 5.88. The third-order valence-electron chi connectivity index (χ3n) is 3.91. The number of nitrogens with zero attached hydrogens (tertiary/aromatic N) is 2. The third-order valence-corrected chi connectivity index (χ3v) is 3.91. The SMILES string of the molecule is CC1(CNc2ncnc3ccccc23)CCCNC1. The lowest BCUT2D eigenvalue weighted by Crippen LogP contribution is -2.42. The van der Waals surface area contributed by atoms with E-state index in [1.165, 1.54) is 12.8 Å². The summed E-state index contributed by atoms with van der Waals surface area (Å²) < 4.78 is 0. The lowest BCUT2D eigenvalue weighted by Gasteiger charge is -2.34. The molecule has 3 rings (SSSR count). The van der Waals surface area contributed by atoms with Crippen LogP contribution in [0.15, 0.2) is 30.6 Å². The van der Waals surface area contributed by atoms with Gasteiger partial charge in [-0.3, -0.25) is 0 Å². The van der Waals surface area contributed by atoms with Crippen molar-refractivity contribution in [1.82, 2.24) is 15.3 Å². The van der Waals surface area contributed by atoms with Gasteiger partial charge in [-0.2, -0.15) is 0 Å². The van der Waals surface area contributed by atoms with Crippen molar-refractivity contribution in [3.05, 3.63) is 30.6 Å². The Labute approximate surface area is 113 Å². The second kappa shape index (κ2) is 5.13. The second-order valence-corrected chi connectivity index (χ2v) is 5.68. The molecule has 1 aromatic heterocycles. The fraction of sp³-hybridized carbons (Fsp3) is 0.467. The van der Waals surface area contributed by atoms with E-state index in [0.29, 0.717) is 5.41 Å². The molecule has 0 amide bonds. The maximum atomic E-state index is 4.38. The molecule has 1 aliphatic heterocycles. The lowest BCUT2D eigenvalue weighted by molar-refractivity contribution is 0.253. The topological polar surface area (TPSA) is 49.8 Å². The van der Waals surface area contributed by atoms with Crippen LogP contribution in [0, 0.1) is 5.41 Å². The molecule has 1 aromatic carbocycles. The molecule has 0 saturated carbocycles. The molecule has 1 atom stereocenters. The Bertz CT molecular complexity index is 556. The fourth-order valence-corrected chi connectivity index (χ4v) is 2.71. The molecule has 100 valence electrons. The van der Waals surface area contributed by atoms with Gasteiger partial charge in [0.15, 0.2) is 0 Å². The zero-order valence-electron chi connectivity index (χ0n) is 11.3. The number of benzene rings is 1. The van der Waals surface area contributed by atoms with Gasteiger partial charge in [0.2, 0.25) is 0 Å². The summed E-state index contributed by atoms with van der Waals surface area (Å²) in [6.07, 6.45) is 4.14. The maximum absolute atomic E-state index is 4.38. The molecule has 2 aromatic rings. The van der Waals surface area contributed by atoms with E-state index < -0.39 is 0 Å². The zero-order chi connectivity index (χ0) is 13.1. The van der Waals surface area contributed by atoms with Crippen LogP contribution in [0.2, 0.25) is 0 Å². The molecule has 19 heavy (non-hydrogen) atoms. The summed E-state index contributed by atoms with van der Waals surface area (Å²) in [7, 11) is 0. The van der Waals surface area contributed by atoms with E-state index in [1.54, 1.807) is 6.33 Å². The van der Waals surface area contributed by atoms with Crippen LogP contribution in [-0.4, -0.2) is 29.6 Å². The van der Waals surface area contributed by atoms with Crippen molar-refractivity contribution in [2.45, 2.75) is 19.8 Å². The minimum atomic E-state index is 0.310. The van der Waals surface area contributed by atoms with Gasteiger partial charge in [-0.05, 0) is 36.9 Å². The molecule has 4 heteroatoms. The van der Waals surface area contributed by atoms with Crippen molar-refractivity contribution in [2.75, 3.05) is 25.0 Å². The maximum Gasteiger partial charge on any atom is 0.137 e. The van der Waals surface area contributed by atoms with Gasteiger partial charge >= 0.3 is 0 Å². The van der Waals surface area contributed by atoms with Crippen LogP contribution in [0.4, 0.5) is 5.82 Å². The van der Waals surface area contributed by atoms with Crippen LogP contribution in [0.5, 0.6) is 0 Å². The van der Waals surface area contributed by atoms with Gasteiger partial charge in [0, 0.05) is 18.5 Å². The summed E-state index contributed by atoms with van der Waals surface area (Å²) in [5, 5.41) is 8.08. The number of hydrogen-bond donors (Lipinski definition) is 2. The Morgan fingerprint density at radius 2 is 2.21 bits per heavy atom. The summed E-state index contributed by atoms with van der Waals surface area (Å²) in [5.74, 6) is 0.942. The highest BCUT2D eigenvalue weighted by Gasteiger charge is 2.26. The standard InChI is InChI=1S/C15H20N4/c1-15(7-4-8-16-9-15)10-17-14-12-5-2-3-6-13(12)18-11-19-14/h2-3,5-6,11,16H,4,7-10H2,1H3,(H,17,18,19). The van der Waals surface area contributed by atoms with E-state index in [4.69, 9.17) is 0 Å². The van der Waals surface area contributed by atoms with Gasteiger partial charge in [0.05, 0.1) is 5.52 Å². The number of para-hydroxylation sites is 1. The van der Waals surface area contributed by atoms with E-state index in [0.717, 1.165) is 36.4 Å². The largest absolute Gasteiger partial charge is 0.369 e. The number of hydrogen-bond acceptors (Lipinski definition) is 4. The molecule has 2 N–H and O–H groups in total. The Kier molecular flexibility index (Phi) is 3.34. The minimum absolute atomic E-state index is 0.310. The summed E-state index contributed by atoms with van der Waals surface area (Å²) in [5.41, 5.74) is 1.30. The molecule has 0 spiro atoms. The van der Waals surface area contributed by atoms with Crippen molar-refractivity contribution in [3.8, 4) is 0 Å². The van der Waals surface area contributed by atoms with Gasteiger partial charge < -0.3 is 10.6 Å². The number of fused-ring (bicyclic) bond motifs is 1. The Morgan fingerprint density at radius 3 is 3.05 bits per heavy atom. The fourth-order valence-electron chi connectivity index (χ4n) is 2.71. The number of aromatic nitrogens is 2. The van der Waals surface area contributed by atoms with E-state index in [1.807, 2.05) is 18.2 Å². The predicted octanol–water partition coefficient (Wildman–Crippen LogP) is 2.43. The van der Waals surface area contributed by atoms with Crippen LogP contribution in [-0.2, 0) is 0 Å². The average molecular weight is 256 g/mol. The van der Waals surface area contributed by atoms with Crippen molar-refractivity contribution in [2.24, 2.45) is 5.41 Å². The zero-order valence-corrected chi connectivity index (χ0v) is 11.3. The minimum Gasteiger partial charge on any atom is -0.369 e. The van der Waals surface area contributed by atoms with Gasteiger partial charge in [-0.1, -0.05) is 19.1 Å². The quantitative estimate of drug-likeness (QED) is 0.885. The molecule has 1 fully saturated rings. The molecule has 2 heterocycles. The predicted molar refractivity (Wildman–Crippen MR) is 78.2 cm³/mol. The second-order valence-electron chi connectivity index (χ2n) is 5.68. The lowest BCUT2D eigenvalue weighted by atomic mass is 9.83. The first kappa shape index (κ1) is 12.4. The highest BCUT2D eigenvalue weighted by Crippen LogP contribution is 2.27. The van der Waals surface area contributed by atoms with Crippen molar-refractivity contribution in [3.63, 3.8) is 0 Å². The van der Waals surface area contributed by atoms with Crippen LogP contribution < -0.4 is 10.6 Å². The number of rotatable bonds is 3. The van der Waals surface area contributed by atoms with Crippen LogP contribution in [0.3, 0.4) is 0 Å². The van der Waals surface area contributed by atoms with E-state index in [2.05, 4.69) is 33.6 Å². The van der Waals surface area contributed by atoms with Gasteiger partial charge in [0.25, 0.3) is 0 Å². The van der Waals surface area contributed by atoms with Crippen LogP contribution in [0.25, 0.3) is 10.9 Å². The smallest absolute Gasteiger partial charge is 0.137 e. The molecule has 4 nitrogen and oxygen atoms in total. The number of piperidine rings is 1. The van der Waals surface area contributed by atoms with E-state index in [9.17, 15) is 0 Å². The van der Waals surface area contributed by atoms with Gasteiger partial charge in [-0.15, -0.1) is 0 Å². The van der Waals surface area contributed by atoms with Gasteiger partial charge in [-0.25, -0.2) is 9.97 Å². The first-order valence-electron chi connectivity index (χ1n) is 6.91. The molecule has 1 saturated heterocycles. The van der Waals surface area contributed by atoms with Gasteiger partial charge in [0.1, 0.15) is 12.1 Å². The molecular formula is C15H20N4. The monoisotopic (exact) mass is 256 g/mol. The third kappa shape index (κ3) is 2.68. The average Bonchev–Trinajstić information content (AvgIpc) is 2.46. The van der Waals surface area contributed by atoms with E-state index >= 15 is 0 Å². The van der Waals surface area contributed by atoms with E-state index in [-0.39, 0.29) is 0 Å². The van der Waals surface area contributed by atoms with Crippen LogP contribution >= 0.6 is 0 Å². The highest BCUT2D eigenvalue weighted by atomic mass is 15.0. The first-order valence-corrected chi connectivity index (χ1v) is 6.91. The summed E-state index contributed by atoms with van der Waals surface area (Å²) >= 11 is 0. The first-order chi connectivity index (χ1) is 9.27. The molecule has 0 radical (unpaired) electrons. The molecule has 1 aliphatic rings. The molecule has 0 bridgehead atoms. The Hall–Kier alpha value is -1.68. The summed E-state index contributed by atoms with van der Waals surface area (Å²) in [4.78, 5) is 8.67. The Morgan fingerprint density at radius 1 is 1.32 bits per heavy atom. The number of anilines is 1. The molecular weight excluding hydrogens is 236 g/mol. The molecule has 1 unspecified atom stereocenters. The molecule has 0 aliphatic carbocycles. The normalized spacial score (nSPS) is 23.4. The number of nitrogens with one attached hydrogen (secondary N) is 2. The van der Waals surface area contributed by atoms with Crippen molar-refractivity contribution >= 4 is 16.7 Å².